The summed E-state index contributed by atoms with van der Waals surface area (Å²) in [4.78, 5) is 6.74. The molecule has 2 heterocycles. The second-order valence-electron chi connectivity index (χ2n) is 1.93. The van der Waals surface area contributed by atoms with E-state index in [1.165, 1.54) is 6.33 Å². The minimum Gasteiger partial charge on any atom is -0.329 e. The van der Waals surface area contributed by atoms with E-state index in [9.17, 15) is 0 Å². The molecule has 0 atom stereocenters. The summed E-state index contributed by atoms with van der Waals surface area (Å²) in [5, 5.41) is 7.62. The van der Waals surface area contributed by atoms with E-state index in [1.54, 1.807) is 0 Å². The first-order valence-corrected chi connectivity index (χ1v) is 3.23. The van der Waals surface area contributed by atoms with Gasteiger partial charge in [-0.25, -0.2) is 4.98 Å². The number of aromatic amines is 1. The zero-order valence-electron chi connectivity index (χ0n) is 5.03. The molecule has 1 aliphatic heterocycles. The molecule has 0 radical (unpaired) electrons. The van der Waals surface area contributed by atoms with E-state index in [4.69, 9.17) is 12.2 Å². The summed E-state index contributed by atoms with van der Waals surface area (Å²) in [7, 11) is 0. The molecular formula is C5H4N4S. The topological polar surface area (TPSA) is 53.4 Å². The van der Waals surface area contributed by atoms with Gasteiger partial charge >= 0.3 is 0 Å². The average Bonchev–Trinajstić information content (AvgIpc) is 2.36. The van der Waals surface area contributed by atoms with Crippen LogP contribution in [-0.4, -0.2) is 9.97 Å². The van der Waals surface area contributed by atoms with Crippen LogP contribution in [0.2, 0.25) is 0 Å². The molecule has 0 amide bonds. The van der Waals surface area contributed by atoms with Gasteiger partial charge in [-0.3, -0.25) is 0 Å². The van der Waals surface area contributed by atoms with Gasteiger partial charge in [0.2, 0.25) is 0 Å². The van der Waals surface area contributed by atoms with E-state index >= 15 is 0 Å². The van der Waals surface area contributed by atoms with Crippen LogP contribution >= 0.6 is 12.2 Å². The number of hydrogen-bond donors (Lipinski definition) is 1. The van der Waals surface area contributed by atoms with Crippen LogP contribution in [0.25, 0.3) is 0 Å². The molecule has 0 aliphatic carbocycles. The van der Waals surface area contributed by atoms with Crippen LogP contribution < -0.4 is 0 Å². The van der Waals surface area contributed by atoms with Crippen molar-refractivity contribution in [2.24, 2.45) is 10.2 Å². The minimum absolute atomic E-state index is 0.568. The summed E-state index contributed by atoms with van der Waals surface area (Å²) in [6.45, 7) is 0.568. The predicted molar refractivity (Wildman–Crippen MR) is 37.6 cm³/mol. The van der Waals surface area contributed by atoms with Crippen LogP contribution in [0.4, 0.5) is 5.82 Å². The first-order valence-electron chi connectivity index (χ1n) is 2.82. The van der Waals surface area contributed by atoms with Crippen molar-refractivity contribution in [3.63, 3.8) is 0 Å². The lowest BCUT2D eigenvalue weighted by molar-refractivity contribution is 1.03. The van der Waals surface area contributed by atoms with Crippen LogP contribution in [0.3, 0.4) is 0 Å². The highest BCUT2D eigenvalue weighted by Crippen LogP contribution is 2.22. The zero-order valence-corrected chi connectivity index (χ0v) is 5.85. The molecule has 4 nitrogen and oxygen atoms in total. The van der Waals surface area contributed by atoms with Gasteiger partial charge in [0, 0.05) is 0 Å². The summed E-state index contributed by atoms with van der Waals surface area (Å²) >= 11 is 4.93. The fraction of sp³-hybridized carbons (Fsp3) is 0.200. The van der Waals surface area contributed by atoms with Gasteiger partial charge in [-0.2, -0.15) is 5.11 Å². The molecule has 1 N–H and O–H groups in total. The van der Waals surface area contributed by atoms with E-state index < -0.39 is 0 Å². The Labute approximate surface area is 62.0 Å². The zero-order chi connectivity index (χ0) is 6.97. The Kier molecular flexibility index (Phi) is 1.10. The van der Waals surface area contributed by atoms with Crippen molar-refractivity contribution in [1.82, 2.24) is 9.97 Å². The summed E-state index contributed by atoms with van der Waals surface area (Å²) in [5.74, 6) is 0.750. The molecule has 5 heteroatoms. The molecule has 0 bridgehead atoms. The van der Waals surface area contributed by atoms with E-state index in [2.05, 4.69) is 20.2 Å². The van der Waals surface area contributed by atoms with Crippen LogP contribution in [0.15, 0.2) is 16.6 Å². The molecule has 0 aromatic carbocycles. The second-order valence-corrected chi connectivity index (χ2v) is 2.32. The highest BCUT2D eigenvalue weighted by molar-refractivity contribution is 7.71. The number of fused-ring (bicyclic) bond motifs is 1. The quantitative estimate of drug-likeness (QED) is 0.575. The molecule has 50 valence electrons. The minimum atomic E-state index is 0.568. The molecule has 0 unspecified atom stereocenters. The molecule has 1 aliphatic rings. The lowest BCUT2D eigenvalue weighted by Crippen LogP contribution is -1.84. The first-order chi connectivity index (χ1) is 4.88. The number of H-pyrrole nitrogens is 1. The molecular weight excluding hydrogens is 148 g/mol. The van der Waals surface area contributed by atoms with Crippen molar-refractivity contribution < 1.29 is 0 Å². The third kappa shape index (κ3) is 0.672. The number of rotatable bonds is 0. The average molecular weight is 152 g/mol. The van der Waals surface area contributed by atoms with Gasteiger partial charge in [0.05, 0.1) is 18.4 Å². The van der Waals surface area contributed by atoms with Crippen LogP contribution in [-0.2, 0) is 6.54 Å². The van der Waals surface area contributed by atoms with E-state index in [-0.39, 0.29) is 0 Å². The first kappa shape index (κ1) is 5.67. The van der Waals surface area contributed by atoms with Gasteiger partial charge in [0.1, 0.15) is 4.64 Å². The Morgan fingerprint density at radius 1 is 1.60 bits per heavy atom. The number of nitrogens with one attached hydrogen (secondary N) is 1. The van der Waals surface area contributed by atoms with E-state index in [0.717, 1.165) is 11.4 Å². The number of aromatic nitrogens is 2. The third-order valence-electron chi connectivity index (χ3n) is 1.33. The number of azo groups is 1. The molecule has 2 rings (SSSR count). The number of hydrogen-bond acceptors (Lipinski definition) is 4. The number of nitrogens with zero attached hydrogens (tertiary/aromatic N) is 3. The molecule has 0 saturated carbocycles. The van der Waals surface area contributed by atoms with Crippen molar-refractivity contribution in [1.29, 1.82) is 0 Å². The Bertz CT molecular complexity index is 340. The maximum Gasteiger partial charge on any atom is 0.161 e. The van der Waals surface area contributed by atoms with Gasteiger partial charge in [0.25, 0.3) is 0 Å². The maximum absolute atomic E-state index is 4.93. The van der Waals surface area contributed by atoms with Crippen LogP contribution in [0.5, 0.6) is 0 Å². The largest absolute Gasteiger partial charge is 0.329 e. The van der Waals surface area contributed by atoms with Gasteiger partial charge in [-0.05, 0) is 0 Å². The van der Waals surface area contributed by atoms with Gasteiger partial charge in [-0.15, -0.1) is 5.11 Å². The third-order valence-corrected chi connectivity index (χ3v) is 1.68. The van der Waals surface area contributed by atoms with Crippen molar-refractivity contribution in [2.75, 3.05) is 0 Å². The standard InChI is InChI=1S/C5H4N4S/c10-5-3-1-8-9-4(3)6-2-7-5/h2H,1H2,(H,6,7,10). The monoisotopic (exact) mass is 152 g/mol. The highest BCUT2D eigenvalue weighted by Gasteiger charge is 2.08. The molecule has 1 aromatic heterocycles. The Hall–Kier alpha value is -1.10. The van der Waals surface area contributed by atoms with Crippen LogP contribution in [0.1, 0.15) is 5.56 Å². The lowest BCUT2D eigenvalue weighted by atomic mass is 10.3. The van der Waals surface area contributed by atoms with E-state index in [0.29, 0.717) is 11.2 Å². The predicted octanol–water partition coefficient (Wildman–Crippen LogP) is 1.74. The van der Waals surface area contributed by atoms with Gasteiger partial charge < -0.3 is 4.98 Å². The van der Waals surface area contributed by atoms with Crippen molar-refractivity contribution in [3.8, 4) is 0 Å². The second kappa shape index (κ2) is 1.95. The Balaban J connectivity index is 2.77. The summed E-state index contributed by atoms with van der Waals surface area (Å²) in [5.41, 5.74) is 0.928. The van der Waals surface area contributed by atoms with Crippen LogP contribution in [0, 0.1) is 4.64 Å². The van der Waals surface area contributed by atoms with Crippen molar-refractivity contribution >= 4 is 18.0 Å². The van der Waals surface area contributed by atoms with Gasteiger partial charge in [-0.1, -0.05) is 12.2 Å². The normalized spacial score (nSPS) is 13.6. The van der Waals surface area contributed by atoms with Gasteiger partial charge in [0.15, 0.2) is 5.82 Å². The Morgan fingerprint density at radius 3 is 3.30 bits per heavy atom. The summed E-state index contributed by atoms with van der Waals surface area (Å²) < 4.78 is 0.596. The molecule has 0 fully saturated rings. The molecule has 1 aromatic rings. The fourth-order valence-corrected chi connectivity index (χ4v) is 1.04. The molecule has 0 spiro atoms. The lowest BCUT2D eigenvalue weighted by Gasteiger charge is -1.90. The Morgan fingerprint density at radius 2 is 2.50 bits per heavy atom. The SMILES string of the molecule is S=c1nc[nH]c2c1CN=N2. The fourth-order valence-electron chi connectivity index (χ4n) is 0.827. The molecule has 0 saturated heterocycles. The maximum atomic E-state index is 4.93. The summed E-state index contributed by atoms with van der Waals surface area (Å²) in [6, 6.07) is 0. The molecule has 10 heavy (non-hydrogen) atoms. The van der Waals surface area contributed by atoms with Crippen molar-refractivity contribution in [3.05, 3.63) is 16.5 Å². The summed E-state index contributed by atoms with van der Waals surface area (Å²) in [6.07, 6.45) is 1.53. The highest BCUT2D eigenvalue weighted by atomic mass is 32.1. The smallest absolute Gasteiger partial charge is 0.161 e. The van der Waals surface area contributed by atoms with Crippen molar-refractivity contribution in [2.45, 2.75) is 6.54 Å². The van der Waals surface area contributed by atoms with E-state index in [1.807, 2.05) is 0 Å².